The Hall–Kier alpha value is -1.63. The number of carboxylic acids is 1. The van der Waals surface area contributed by atoms with E-state index in [1.165, 1.54) is 24.0 Å². The molecule has 100 valence electrons. The maximum absolute atomic E-state index is 11.0. The van der Waals surface area contributed by atoms with Gasteiger partial charge in [0.25, 0.3) is 0 Å². The van der Waals surface area contributed by atoms with Crippen LogP contribution in [0.5, 0.6) is 0 Å². The number of carbonyl (C=O) groups is 1. The molecular formula is C13H7ClN2O2S2. The third-order valence-corrected chi connectivity index (χ3v) is 4.86. The Morgan fingerprint density at radius 1 is 1.35 bits per heavy atom. The van der Waals surface area contributed by atoms with Crippen LogP contribution in [0.25, 0.3) is 10.2 Å². The van der Waals surface area contributed by atoms with Gasteiger partial charge in [-0.25, -0.2) is 14.8 Å². The molecule has 3 rings (SSSR count). The first-order valence-corrected chi connectivity index (χ1v) is 7.57. The summed E-state index contributed by atoms with van der Waals surface area (Å²) in [5.41, 5.74) is 0.970. The molecule has 0 saturated carbocycles. The molecule has 2 aromatic heterocycles. The van der Waals surface area contributed by atoms with E-state index in [9.17, 15) is 4.79 Å². The molecule has 0 fully saturated rings. The summed E-state index contributed by atoms with van der Waals surface area (Å²) in [7, 11) is 0. The van der Waals surface area contributed by atoms with Gasteiger partial charge in [0.1, 0.15) is 5.03 Å². The lowest BCUT2D eigenvalue weighted by molar-refractivity contribution is 0.0696. The van der Waals surface area contributed by atoms with E-state index in [0.29, 0.717) is 5.03 Å². The quantitative estimate of drug-likeness (QED) is 0.783. The van der Waals surface area contributed by atoms with Crippen molar-refractivity contribution < 1.29 is 9.90 Å². The van der Waals surface area contributed by atoms with Crippen molar-refractivity contribution in [2.75, 3.05) is 0 Å². The minimum atomic E-state index is -1.07. The highest BCUT2D eigenvalue weighted by atomic mass is 35.5. The van der Waals surface area contributed by atoms with Crippen LogP contribution in [0.4, 0.5) is 0 Å². The van der Waals surface area contributed by atoms with Crippen molar-refractivity contribution in [1.29, 1.82) is 0 Å². The van der Waals surface area contributed by atoms with E-state index >= 15 is 0 Å². The van der Waals surface area contributed by atoms with Crippen molar-refractivity contribution in [2.45, 2.75) is 9.37 Å². The minimum absolute atomic E-state index is 0.0466. The predicted octanol–water partition coefficient (Wildman–Crippen LogP) is 4.19. The van der Waals surface area contributed by atoms with Gasteiger partial charge in [0, 0.05) is 6.20 Å². The summed E-state index contributed by atoms with van der Waals surface area (Å²) < 4.78 is 1.90. The van der Waals surface area contributed by atoms with Gasteiger partial charge in [0.2, 0.25) is 0 Å². The van der Waals surface area contributed by atoms with Gasteiger partial charge in [-0.3, -0.25) is 0 Å². The number of hydrogen-bond acceptors (Lipinski definition) is 5. The zero-order chi connectivity index (χ0) is 14.1. The van der Waals surface area contributed by atoms with E-state index in [0.717, 1.165) is 14.6 Å². The molecule has 20 heavy (non-hydrogen) atoms. The van der Waals surface area contributed by atoms with E-state index < -0.39 is 5.97 Å². The van der Waals surface area contributed by atoms with Crippen molar-refractivity contribution >= 4 is 50.9 Å². The summed E-state index contributed by atoms with van der Waals surface area (Å²) in [4.78, 5) is 19.6. The summed E-state index contributed by atoms with van der Waals surface area (Å²) in [6, 6.07) is 9.28. The molecule has 0 atom stereocenters. The van der Waals surface area contributed by atoms with Crippen LogP contribution < -0.4 is 0 Å². The van der Waals surface area contributed by atoms with Crippen molar-refractivity contribution in [2.24, 2.45) is 0 Å². The molecule has 0 aliphatic carbocycles. The summed E-state index contributed by atoms with van der Waals surface area (Å²) in [5, 5.41) is 9.73. The number of halogens is 1. The lowest BCUT2D eigenvalue weighted by atomic mass is 10.3. The second-order valence-electron chi connectivity index (χ2n) is 3.86. The highest BCUT2D eigenvalue weighted by Crippen LogP contribution is 2.34. The topological polar surface area (TPSA) is 63.1 Å². The number of aromatic carboxylic acids is 1. The lowest BCUT2D eigenvalue weighted by Gasteiger charge is -2.01. The Labute approximate surface area is 127 Å². The minimum Gasteiger partial charge on any atom is -0.478 e. The molecule has 0 aliphatic rings. The number of hydrogen-bond donors (Lipinski definition) is 1. The Bertz CT molecular complexity index is 771. The van der Waals surface area contributed by atoms with Gasteiger partial charge in [-0.15, -0.1) is 11.3 Å². The first kappa shape index (κ1) is 13.4. The van der Waals surface area contributed by atoms with Crippen LogP contribution in [0.1, 0.15) is 10.4 Å². The maximum Gasteiger partial charge on any atom is 0.337 e. The highest BCUT2D eigenvalue weighted by Gasteiger charge is 2.12. The second kappa shape index (κ2) is 5.40. The second-order valence-corrected chi connectivity index (χ2v) is 6.56. The van der Waals surface area contributed by atoms with Crippen molar-refractivity contribution in [1.82, 2.24) is 9.97 Å². The Morgan fingerprint density at radius 3 is 2.90 bits per heavy atom. The fourth-order valence-corrected chi connectivity index (χ4v) is 3.80. The largest absolute Gasteiger partial charge is 0.478 e. The number of pyridine rings is 1. The van der Waals surface area contributed by atoms with Gasteiger partial charge in [-0.1, -0.05) is 23.7 Å². The lowest BCUT2D eigenvalue weighted by Crippen LogP contribution is -1.98. The van der Waals surface area contributed by atoms with Crippen LogP contribution in [-0.2, 0) is 0 Å². The molecule has 0 aliphatic heterocycles. The van der Waals surface area contributed by atoms with E-state index in [1.54, 1.807) is 11.3 Å². The maximum atomic E-state index is 11.0. The first-order chi connectivity index (χ1) is 9.63. The standard InChI is InChI=1S/C13H7ClN2O2S2/c14-8-6-15-11(5-7(8)12(17)18)20-13-16-9-3-1-2-4-10(9)19-13/h1-6H,(H,17,18). The molecule has 0 spiro atoms. The molecule has 3 aromatic rings. The third-order valence-electron chi connectivity index (χ3n) is 2.53. The average molecular weight is 323 g/mol. The molecular weight excluding hydrogens is 316 g/mol. The molecule has 0 radical (unpaired) electrons. The van der Waals surface area contributed by atoms with Crippen LogP contribution in [0.15, 0.2) is 45.9 Å². The number of carboxylic acid groups (broad SMARTS) is 1. The van der Waals surface area contributed by atoms with Gasteiger partial charge >= 0.3 is 5.97 Å². The summed E-state index contributed by atoms with van der Waals surface area (Å²) >= 11 is 8.66. The molecule has 0 saturated heterocycles. The molecule has 1 aromatic carbocycles. The zero-order valence-corrected chi connectivity index (χ0v) is 12.3. The number of benzene rings is 1. The molecule has 0 bridgehead atoms. The number of aromatic nitrogens is 2. The zero-order valence-electron chi connectivity index (χ0n) is 9.91. The van der Waals surface area contributed by atoms with Crippen LogP contribution in [0.2, 0.25) is 5.02 Å². The van der Waals surface area contributed by atoms with E-state index in [-0.39, 0.29) is 10.6 Å². The predicted molar refractivity (Wildman–Crippen MR) is 79.9 cm³/mol. The molecule has 7 heteroatoms. The Balaban J connectivity index is 1.94. The van der Waals surface area contributed by atoms with Crippen molar-refractivity contribution in [3.8, 4) is 0 Å². The molecule has 0 amide bonds. The van der Waals surface area contributed by atoms with Gasteiger partial charge in [0.05, 0.1) is 20.8 Å². The summed E-state index contributed by atoms with van der Waals surface area (Å²) in [5.74, 6) is -1.07. The van der Waals surface area contributed by atoms with Crippen LogP contribution in [-0.4, -0.2) is 21.0 Å². The molecule has 1 N–H and O–H groups in total. The van der Waals surface area contributed by atoms with E-state index in [2.05, 4.69) is 9.97 Å². The van der Waals surface area contributed by atoms with Crippen LogP contribution in [0, 0.1) is 0 Å². The fraction of sp³-hybridized carbons (Fsp3) is 0. The first-order valence-electron chi connectivity index (χ1n) is 5.56. The number of para-hydroxylation sites is 1. The monoisotopic (exact) mass is 322 g/mol. The van der Waals surface area contributed by atoms with E-state index in [1.807, 2.05) is 24.3 Å². The number of fused-ring (bicyclic) bond motifs is 1. The normalized spacial score (nSPS) is 10.8. The van der Waals surface area contributed by atoms with Gasteiger partial charge in [-0.2, -0.15) is 0 Å². The SMILES string of the molecule is O=C(O)c1cc(Sc2nc3ccccc3s2)ncc1Cl. The van der Waals surface area contributed by atoms with Crippen LogP contribution >= 0.6 is 34.7 Å². The van der Waals surface area contributed by atoms with Crippen molar-refractivity contribution in [3.05, 3.63) is 47.1 Å². The fourth-order valence-electron chi connectivity index (χ4n) is 1.62. The van der Waals surface area contributed by atoms with Gasteiger partial charge in [0.15, 0.2) is 4.34 Å². The number of rotatable bonds is 3. The Kier molecular flexibility index (Phi) is 3.60. The average Bonchev–Trinajstić information content (AvgIpc) is 2.82. The summed E-state index contributed by atoms with van der Waals surface area (Å²) in [6.45, 7) is 0. The van der Waals surface area contributed by atoms with E-state index in [4.69, 9.17) is 16.7 Å². The Morgan fingerprint density at radius 2 is 2.15 bits per heavy atom. The smallest absolute Gasteiger partial charge is 0.337 e. The third kappa shape index (κ3) is 2.63. The summed E-state index contributed by atoms with van der Waals surface area (Å²) in [6.07, 6.45) is 1.35. The molecule has 0 unspecified atom stereocenters. The van der Waals surface area contributed by atoms with Gasteiger partial charge in [-0.05, 0) is 30.0 Å². The molecule has 2 heterocycles. The van der Waals surface area contributed by atoms with Crippen LogP contribution in [0.3, 0.4) is 0 Å². The number of thiazole rings is 1. The number of nitrogens with zero attached hydrogens (tertiary/aromatic N) is 2. The highest BCUT2D eigenvalue weighted by molar-refractivity contribution is 8.01. The van der Waals surface area contributed by atoms with Gasteiger partial charge < -0.3 is 5.11 Å². The molecule has 4 nitrogen and oxygen atoms in total. The van der Waals surface area contributed by atoms with Crippen molar-refractivity contribution in [3.63, 3.8) is 0 Å².